The van der Waals surface area contributed by atoms with Gasteiger partial charge in [-0.25, -0.2) is 9.97 Å². The molecule has 1 aliphatic rings. The van der Waals surface area contributed by atoms with E-state index in [2.05, 4.69) is 32.6 Å². The third-order valence-electron chi connectivity index (χ3n) is 3.29. The first-order chi connectivity index (χ1) is 9.13. The minimum atomic E-state index is -1.03. The Bertz CT molecular complexity index is 605. The Morgan fingerprint density at radius 3 is 2.89 bits per heavy atom. The zero-order chi connectivity index (χ0) is 13.6. The number of rotatable bonds is 2. The van der Waals surface area contributed by atoms with Gasteiger partial charge in [0.2, 0.25) is 0 Å². The lowest BCUT2D eigenvalue weighted by atomic mass is 10.1. The molecule has 19 heavy (non-hydrogen) atoms. The molecule has 0 bridgehead atoms. The van der Waals surface area contributed by atoms with Crippen LogP contribution in [0.25, 0.3) is 11.0 Å². The molecule has 0 saturated carbocycles. The minimum Gasteiger partial charge on any atom is -0.387 e. The second-order valence-corrected chi connectivity index (χ2v) is 5.59. The molecule has 0 aliphatic carbocycles. The molecular formula is C11H13IN4O3. The maximum Gasteiger partial charge on any atom is 0.164 e. The van der Waals surface area contributed by atoms with E-state index in [1.807, 2.05) is 6.20 Å². The maximum atomic E-state index is 10.1. The van der Waals surface area contributed by atoms with Crippen molar-refractivity contribution < 1.29 is 14.9 Å². The Morgan fingerprint density at radius 2 is 2.21 bits per heavy atom. The van der Waals surface area contributed by atoms with Crippen LogP contribution in [0.5, 0.6) is 0 Å². The van der Waals surface area contributed by atoms with Crippen molar-refractivity contribution in [3.63, 3.8) is 0 Å². The van der Waals surface area contributed by atoms with Crippen molar-refractivity contribution in [2.24, 2.45) is 5.73 Å². The van der Waals surface area contributed by atoms with Crippen LogP contribution in [0, 0.1) is 3.57 Å². The van der Waals surface area contributed by atoms with Crippen LogP contribution in [0.2, 0.25) is 0 Å². The Morgan fingerprint density at radius 1 is 1.42 bits per heavy atom. The van der Waals surface area contributed by atoms with Gasteiger partial charge in [-0.2, -0.15) is 0 Å². The predicted octanol–water partition coefficient (Wildman–Crippen LogP) is -0.386. The largest absolute Gasteiger partial charge is 0.387 e. The van der Waals surface area contributed by atoms with Gasteiger partial charge in [-0.1, -0.05) is 0 Å². The summed E-state index contributed by atoms with van der Waals surface area (Å²) in [5, 5.41) is 20.8. The summed E-state index contributed by atoms with van der Waals surface area (Å²) in [6.07, 6.45) is 1.67. The molecule has 2 aromatic heterocycles. The average Bonchev–Trinajstić information content (AvgIpc) is 2.90. The first kappa shape index (κ1) is 13.2. The molecule has 8 heteroatoms. The summed E-state index contributed by atoms with van der Waals surface area (Å²) in [5.41, 5.74) is 6.17. The molecule has 3 rings (SSSR count). The van der Waals surface area contributed by atoms with Crippen molar-refractivity contribution in [3.05, 3.63) is 22.3 Å². The van der Waals surface area contributed by atoms with Crippen molar-refractivity contribution in [2.75, 3.05) is 6.54 Å². The van der Waals surface area contributed by atoms with E-state index in [0.29, 0.717) is 5.65 Å². The lowest BCUT2D eigenvalue weighted by Crippen LogP contribution is -2.35. The van der Waals surface area contributed by atoms with Gasteiger partial charge in [0.15, 0.2) is 6.23 Å². The standard InChI is InChI=1S/C11H13IN4O3/c12-6-3-16(10-5(6)2-14-4-15-10)11-9(18)8(17)7(1-13)19-11/h2-4,7-9,11,17-18H,1,13H2/t7-,8-,9-,11-/m1/s1. The SMILES string of the molecule is NC[C@H]1O[C@@H](n2cc(I)c3cncnc32)[C@H](O)[C@@H]1O. The third-order valence-corrected chi connectivity index (χ3v) is 4.15. The zero-order valence-corrected chi connectivity index (χ0v) is 12.0. The van der Waals surface area contributed by atoms with Crippen LogP contribution in [0.4, 0.5) is 0 Å². The molecule has 0 spiro atoms. The fourth-order valence-corrected chi connectivity index (χ4v) is 2.98. The minimum absolute atomic E-state index is 0.153. The molecule has 1 saturated heterocycles. The van der Waals surface area contributed by atoms with Gasteiger partial charge in [-0.05, 0) is 22.6 Å². The molecule has 7 nitrogen and oxygen atoms in total. The first-order valence-corrected chi connectivity index (χ1v) is 6.89. The lowest BCUT2D eigenvalue weighted by Gasteiger charge is -2.17. The molecule has 1 aliphatic heterocycles. The Balaban J connectivity index is 2.06. The van der Waals surface area contributed by atoms with Crippen molar-refractivity contribution in [2.45, 2.75) is 24.5 Å². The summed E-state index contributed by atoms with van der Waals surface area (Å²) in [7, 11) is 0. The number of nitrogens with zero attached hydrogens (tertiary/aromatic N) is 3. The number of aliphatic hydroxyl groups is 2. The van der Waals surface area contributed by atoms with Gasteiger partial charge < -0.3 is 25.3 Å². The summed E-state index contributed by atoms with van der Waals surface area (Å²) in [5.74, 6) is 0. The second kappa shape index (κ2) is 4.94. The van der Waals surface area contributed by atoms with E-state index in [-0.39, 0.29) is 6.54 Å². The van der Waals surface area contributed by atoms with Crippen molar-refractivity contribution >= 4 is 33.6 Å². The lowest BCUT2D eigenvalue weighted by molar-refractivity contribution is -0.0319. The van der Waals surface area contributed by atoms with Crippen LogP contribution in [0.15, 0.2) is 18.7 Å². The summed E-state index contributed by atoms with van der Waals surface area (Å²) in [6.45, 7) is 0.153. The number of hydrogen-bond donors (Lipinski definition) is 3. The van der Waals surface area contributed by atoms with Crippen LogP contribution in [-0.2, 0) is 4.74 Å². The van der Waals surface area contributed by atoms with E-state index in [9.17, 15) is 10.2 Å². The number of nitrogens with two attached hydrogens (primary N) is 1. The molecule has 1 fully saturated rings. The predicted molar refractivity (Wildman–Crippen MR) is 75.2 cm³/mol. The normalized spacial score (nSPS) is 31.2. The summed E-state index contributed by atoms with van der Waals surface area (Å²) < 4.78 is 8.28. The topological polar surface area (TPSA) is 106 Å². The van der Waals surface area contributed by atoms with Gasteiger partial charge in [0.05, 0.1) is 5.39 Å². The summed E-state index contributed by atoms with van der Waals surface area (Å²) >= 11 is 2.17. The maximum absolute atomic E-state index is 10.1. The Kier molecular flexibility index (Phi) is 3.43. The molecule has 0 amide bonds. The average molecular weight is 376 g/mol. The monoisotopic (exact) mass is 376 g/mol. The number of fused-ring (bicyclic) bond motifs is 1. The van der Waals surface area contributed by atoms with E-state index in [4.69, 9.17) is 10.5 Å². The highest BCUT2D eigenvalue weighted by Gasteiger charge is 2.43. The van der Waals surface area contributed by atoms with E-state index in [1.54, 1.807) is 10.8 Å². The number of halogens is 1. The summed E-state index contributed by atoms with van der Waals surface area (Å²) in [6, 6.07) is 0. The summed E-state index contributed by atoms with van der Waals surface area (Å²) in [4.78, 5) is 8.18. The zero-order valence-electron chi connectivity index (χ0n) is 9.85. The van der Waals surface area contributed by atoms with Gasteiger partial charge in [-0.3, -0.25) is 0 Å². The Labute approximate surface area is 122 Å². The van der Waals surface area contributed by atoms with Crippen LogP contribution < -0.4 is 5.73 Å². The van der Waals surface area contributed by atoms with Crippen molar-refractivity contribution in [1.82, 2.24) is 14.5 Å². The molecule has 2 aromatic rings. The number of aliphatic hydroxyl groups excluding tert-OH is 2. The molecule has 4 atom stereocenters. The molecule has 102 valence electrons. The van der Waals surface area contributed by atoms with Crippen LogP contribution in [0.3, 0.4) is 0 Å². The molecule has 0 radical (unpaired) electrons. The molecule has 0 unspecified atom stereocenters. The van der Waals surface area contributed by atoms with Crippen LogP contribution in [-0.4, -0.2) is 49.6 Å². The van der Waals surface area contributed by atoms with Crippen LogP contribution in [0.1, 0.15) is 6.23 Å². The smallest absolute Gasteiger partial charge is 0.164 e. The second-order valence-electron chi connectivity index (χ2n) is 4.43. The Hall–Kier alpha value is -0.810. The number of hydrogen-bond acceptors (Lipinski definition) is 6. The molecule has 4 N–H and O–H groups in total. The molecule has 0 aromatic carbocycles. The molecular weight excluding hydrogens is 363 g/mol. The van der Waals surface area contributed by atoms with Gasteiger partial charge in [-0.15, -0.1) is 0 Å². The van der Waals surface area contributed by atoms with E-state index >= 15 is 0 Å². The quantitative estimate of drug-likeness (QED) is 0.617. The highest BCUT2D eigenvalue weighted by Crippen LogP contribution is 2.33. The highest BCUT2D eigenvalue weighted by molar-refractivity contribution is 14.1. The highest BCUT2D eigenvalue weighted by atomic mass is 127. The van der Waals surface area contributed by atoms with E-state index < -0.39 is 24.5 Å². The third kappa shape index (κ3) is 2.03. The van der Waals surface area contributed by atoms with Crippen molar-refractivity contribution in [3.8, 4) is 0 Å². The number of aromatic nitrogens is 3. The van der Waals surface area contributed by atoms with Gasteiger partial charge >= 0.3 is 0 Å². The fraction of sp³-hybridized carbons (Fsp3) is 0.455. The van der Waals surface area contributed by atoms with Gasteiger partial charge in [0.1, 0.15) is 30.3 Å². The first-order valence-electron chi connectivity index (χ1n) is 5.81. The molecule has 3 heterocycles. The fourth-order valence-electron chi connectivity index (χ4n) is 2.30. The van der Waals surface area contributed by atoms with E-state index in [0.717, 1.165) is 8.96 Å². The van der Waals surface area contributed by atoms with Crippen molar-refractivity contribution in [1.29, 1.82) is 0 Å². The number of ether oxygens (including phenoxy) is 1. The van der Waals surface area contributed by atoms with E-state index in [1.165, 1.54) is 6.33 Å². The van der Waals surface area contributed by atoms with Gasteiger partial charge in [0, 0.05) is 22.5 Å². The van der Waals surface area contributed by atoms with Gasteiger partial charge in [0.25, 0.3) is 0 Å². The van der Waals surface area contributed by atoms with Crippen LogP contribution >= 0.6 is 22.6 Å².